The van der Waals surface area contributed by atoms with Gasteiger partial charge < -0.3 is 9.47 Å². The number of hydrogen-bond acceptors (Lipinski definition) is 6. The second-order valence-corrected chi connectivity index (χ2v) is 8.84. The highest BCUT2D eigenvalue weighted by Crippen LogP contribution is 2.36. The third kappa shape index (κ3) is 4.97. The Morgan fingerprint density at radius 1 is 1.16 bits per heavy atom. The molecule has 2 aromatic carbocycles. The third-order valence-electron chi connectivity index (χ3n) is 4.24. The smallest absolute Gasteiger partial charge is 0.284 e. The van der Waals surface area contributed by atoms with E-state index in [4.69, 9.17) is 9.47 Å². The van der Waals surface area contributed by atoms with Crippen LogP contribution in [0.5, 0.6) is 11.5 Å². The third-order valence-corrected chi connectivity index (χ3v) is 6.64. The summed E-state index contributed by atoms with van der Waals surface area (Å²) in [4.78, 5) is 14.2. The molecular weight excluding hydrogens is 443 g/mol. The summed E-state index contributed by atoms with van der Waals surface area (Å²) in [5, 5.41) is -0.0204. The summed E-state index contributed by atoms with van der Waals surface area (Å²) in [7, 11) is -1.13. The van der Waals surface area contributed by atoms with Crippen LogP contribution in [-0.2, 0) is 14.8 Å². The molecule has 0 aromatic heterocycles. The Hall–Kier alpha value is -3.11. The van der Waals surface area contributed by atoms with Gasteiger partial charge in [0.25, 0.3) is 15.9 Å². The molecule has 1 heterocycles. The molecule has 1 aliphatic rings. The Labute approximate surface area is 183 Å². The lowest BCUT2D eigenvalue weighted by atomic mass is 10.1. The van der Waals surface area contributed by atoms with E-state index in [-0.39, 0.29) is 21.5 Å². The van der Waals surface area contributed by atoms with Gasteiger partial charge in [0.2, 0.25) is 0 Å². The Morgan fingerprint density at radius 3 is 2.48 bits per heavy atom. The maximum absolute atomic E-state index is 13.1. The van der Waals surface area contributed by atoms with E-state index in [9.17, 15) is 17.6 Å². The number of thioether (sulfide) groups is 1. The molecule has 10 heteroatoms. The van der Waals surface area contributed by atoms with Crippen molar-refractivity contribution in [2.75, 3.05) is 20.8 Å². The lowest BCUT2D eigenvalue weighted by Gasteiger charge is -2.12. The highest BCUT2D eigenvalue weighted by molar-refractivity contribution is 8.19. The molecule has 1 saturated heterocycles. The zero-order valence-corrected chi connectivity index (χ0v) is 18.4. The van der Waals surface area contributed by atoms with Crippen LogP contribution >= 0.6 is 11.8 Å². The maximum atomic E-state index is 13.1. The maximum Gasteiger partial charge on any atom is 0.284 e. The minimum atomic E-state index is -4.15. The average Bonchev–Trinajstić information content (AvgIpc) is 3.03. The highest BCUT2D eigenvalue weighted by atomic mass is 32.2. The van der Waals surface area contributed by atoms with Gasteiger partial charge in [0.15, 0.2) is 5.17 Å². The molecule has 0 saturated carbocycles. The second-order valence-electron chi connectivity index (χ2n) is 6.23. The van der Waals surface area contributed by atoms with E-state index in [1.54, 1.807) is 24.3 Å². The number of sulfonamides is 1. The summed E-state index contributed by atoms with van der Waals surface area (Å²) in [6.45, 7) is 3.68. The fraction of sp³-hybridized carbons (Fsp3) is 0.143. The predicted octanol–water partition coefficient (Wildman–Crippen LogP) is 3.69. The largest absolute Gasteiger partial charge is 0.497 e. The molecule has 0 atom stereocenters. The van der Waals surface area contributed by atoms with Crippen molar-refractivity contribution in [1.29, 1.82) is 0 Å². The van der Waals surface area contributed by atoms with Crippen LogP contribution in [0.2, 0.25) is 0 Å². The van der Waals surface area contributed by atoms with Crippen LogP contribution < -0.4 is 9.47 Å². The molecule has 162 valence electrons. The summed E-state index contributed by atoms with van der Waals surface area (Å²) in [5.41, 5.74) is 0.611. The van der Waals surface area contributed by atoms with Crippen molar-refractivity contribution in [1.82, 2.24) is 4.90 Å². The minimum Gasteiger partial charge on any atom is -0.497 e. The van der Waals surface area contributed by atoms with Crippen molar-refractivity contribution < 1.29 is 27.1 Å². The van der Waals surface area contributed by atoms with E-state index in [0.717, 1.165) is 36.0 Å². The van der Waals surface area contributed by atoms with E-state index in [0.29, 0.717) is 17.1 Å². The van der Waals surface area contributed by atoms with Crippen molar-refractivity contribution in [3.05, 3.63) is 71.4 Å². The van der Waals surface area contributed by atoms with E-state index in [1.807, 2.05) is 0 Å². The molecule has 0 N–H and O–H groups in total. The van der Waals surface area contributed by atoms with Crippen LogP contribution in [0, 0.1) is 5.82 Å². The molecule has 0 aliphatic carbocycles. The molecule has 1 fully saturated rings. The average molecular weight is 463 g/mol. The fourth-order valence-electron chi connectivity index (χ4n) is 2.71. The first-order valence-electron chi connectivity index (χ1n) is 8.94. The first-order chi connectivity index (χ1) is 14.8. The number of benzene rings is 2. The predicted molar refractivity (Wildman–Crippen MR) is 118 cm³/mol. The second kappa shape index (κ2) is 9.36. The van der Waals surface area contributed by atoms with Crippen LogP contribution in [0.4, 0.5) is 4.39 Å². The Morgan fingerprint density at radius 2 is 1.87 bits per heavy atom. The molecule has 0 bridgehead atoms. The zero-order valence-electron chi connectivity index (χ0n) is 16.7. The van der Waals surface area contributed by atoms with Crippen molar-refractivity contribution >= 4 is 38.9 Å². The topological polar surface area (TPSA) is 85.3 Å². The highest BCUT2D eigenvalue weighted by Gasteiger charge is 2.34. The Balaban J connectivity index is 2.01. The SMILES string of the molecule is C=CCN1C(=O)/C(=C/c2ccc(OC)cc2OC)SC1=NS(=O)(=O)c1ccc(F)cc1. The number of carbonyl (C=O) groups excluding carboxylic acids is 1. The van der Waals surface area contributed by atoms with Gasteiger partial charge in [0.1, 0.15) is 17.3 Å². The van der Waals surface area contributed by atoms with Gasteiger partial charge in [-0.05, 0) is 54.2 Å². The molecule has 1 amide bonds. The summed E-state index contributed by atoms with van der Waals surface area (Å²) < 4.78 is 52.8. The molecule has 3 rings (SSSR count). The van der Waals surface area contributed by atoms with Crippen molar-refractivity contribution in [2.24, 2.45) is 4.40 Å². The number of ether oxygens (including phenoxy) is 2. The van der Waals surface area contributed by atoms with E-state index in [1.165, 1.54) is 25.2 Å². The minimum absolute atomic E-state index is 0.0204. The normalized spacial score (nSPS) is 16.7. The van der Waals surface area contributed by atoms with Crippen LogP contribution in [0.25, 0.3) is 6.08 Å². The number of amidine groups is 1. The number of halogens is 1. The van der Waals surface area contributed by atoms with Gasteiger partial charge in [-0.1, -0.05) is 6.08 Å². The van der Waals surface area contributed by atoms with E-state index >= 15 is 0 Å². The molecular formula is C21H19FN2O5S2. The molecule has 7 nitrogen and oxygen atoms in total. The lowest BCUT2D eigenvalue weighted by molar-refractivity contribution is -0.121. The first-order valence-corrected chi connectivity index (χ1v) is 11.2. The zero-order chi connectivity index (χ0) is 22.6. The van der Waals surface area contributed by atoms with Crippen LogP contribution in [0.3, 0.4) is 0 Å². The van der Waals surface area contributed by atoms with Crippen LogP contribution in [-0.4, -0.2) is 45.2 Å². The van der Waals surface area contributed by atoms with Gasteiger partial charge in [0, 0.05) is 18.2 Å². The van der Waals surface area contributed by atoms with E-state index < -0.39 is 21.7 Å². The van der Waals surface area contributed by atoms with E-state index in [2.05, 4.69) is 11.0 Å². The quantitative estimate of drug-likeness (QED) is 0.461. The summed E-state index contributed by atoms with van der Waals surface area (Å²) in [6.07, 6.45) is 3.06. The standard InChI is InChI=1S/C21H19FN2O5S2/c1-4-11-24-20(25)19(12-14-5-8-16(28-2)13-18(14)29-3)30-21(24)23-31(26,27)17-9-6-15(22)7-10-17/h4-10,12-13H,1,11H2,2-3H3/b19-12-,23-21?. The number of carbonyl (C=O) groups is 1. The number of hydrogen-bond donors (Lipinski definition) is 0. The van der Waals surface area contributed by atoms with Gasteiger partial charge in [-0.2, -0.15) is 8.42 Å². The van der Waals surface area contributed by atoms with Gasteiger partial charge in [-0.25, -0.2) is 4.39 Å². The summed E-state index contributed by atoms with van der Waals surface area (Å²) in [5.74, 6) is 0.0879. The molecule has 2 aromatic rings. The van der Waals surface area contributed by atoms with Crippen LogP contribution in [0.1, 0.15) is 5.56 Å². The number of rotatable bonds is 7. The number of methoxy groups -OCH3 is 2. The van der Waals surface area contributed by atoms with Gasteiger partial charge in [0.05, 0.1) is 24.0 Å². The molecule has 0 unspecified atom stereocenters. The molecule has 31 heavy (non-hydrogen) atoms. The number of amides is 1. The van der Waals surface area contributed by atoms with Gasteiger partial charge in [-0.15, -0.1) is 11.0 Å². The molecule has 0 spiro atoms. The first kappa shape index (κ1) is 22.6. The lowest BCUT2D eigenvalue weighted by Crippen LogP contribution is -2.29. The van der Waals surface area contributed by atoms with Crippen molar-refractivity contribution in [2.45, 2.75) is 4.90 Å². The molecule has 0 radical (unpaired) electrons. The van der Waals surface area contributed by atoms with Crippen molar-refractivity contribution in [3.8, 4) is 11.5 Å². The summed E-state index contributed by atoms with van der Waals surface area (Å²) in [6, 6.07) is 9.41. The Bertz CT molecular complexity index is 1170. The summed E-state index contributed by atoms with van der Waals surface area (Å²) >= 11 is 0.915. The Kier molecular flexibility index (Phi) is 6.81. The number of nitrogens with zero attached hydrogens (tertiary/aromatic N) is 2. The molecule has 1 aliphatic heterocycles. The van der Waals surface area contributed by atoms with Gasteiger partial charge >= 0.3 is 0 Å². The van der Waals surface area contributed by atoms with Crippen LogP contribution in [0.15, 0.2) is 69.3 Å². The van der Waals surface area contributed by atoms with Crippen molar-refractivity contribution in [3.63, 3.8) is 0 Å². The monoisotopic (exact) mass is 462 g/mol. The fourth-order valence-corrected chi connectivity index (χ4v) is 4.89. The van der Waals surface area contributed by atoms with Gasteiger partial charge in [-0.3, -0.25) is 9.69 Å².